The molecule has 1 unspecified atom stereocenters. The van der Waals surface area contributed by atoms with Gasteiger partial charge in [0.25, 0.3) is 0 Å². The lowest BCUT2D eigenvalue weighted by molar-refractivity contribution is -0.138. The molecule has 1 N–H and O–H groups in total. The van der Waals surface area contributed by atoms with Gasteiger partial charge in [-0.05, 0) is 19.3 Å². The molecule has 0 aromatic rings. The van der Waals surface area contributed by atoms with Gasteiger partial charge in [-0.15, -0.1) is 0 Å². The fourth-order valence-electron chi connectivity index (χ4n) is 1.76. The highest BCUT2D eigenvalue weighted by Crippen LogP contribution is 2.08. The number of carbonyl (C=O) groups excluding carboxylic acids is 1. The SMILES string of the molecule is COCC(O)COCC(=O)N1CCCCC1. The summed E-state index contributed by atoms with van der Waals surface area (Å²) in [5, 5.41) is 9.30. The fourth-order valence-corrected chi connectivity index (χ4v) is 1.76. The summed E-state index contributed by atoms with van der Waals surface area (Å²) in [5.41, 5.74) is 0. The van der Waals surface area contributed by atoms with Gasteiger partial charge in [0.15, 0.2) is 0 Å². The molecule has 16 heavy (non-hydrogen) atoms. The molecule has 5 nitrogen and oxygen atoms in total. The smallest absolute Gasteiger partial charge is 0.248 e. The zero-order valence-electron chi connectivity index (χ0n) is 9.85. The van der Waals surface area contributed by atoms with Gasteiger partial charge < -0.3 is 19.5 Å². The van der Waals surface area contributed by atoms with E-state index in [9.17, 15) is 9.90 Å². The van der Waals surface area contributed by atoms with Crippen molar-refractivity contribution in [3.63, 3.8) is 0 Å². The average molecular weight is 231 g/mol. The van der Waals surface area contributed by atoms with E-state index >= 15 is 0 Å². The van der Waals surface area contributed by atoms with Crippen molar-refractivity contribution in [1.82, 2.24) is 4.90 Å². The van der Waals surface area contributed by atoms with E-state index in [2.05, 4.69) is 0 Å². The Kier molecular flexibility index (Phi) is 6.37. The molecule has 0 spiro atoms. The molecular formula is C11H21NO4. The molecule has 0 bridgehead atoms. The molecule has 5 heteroatoms. The van der Waals surface area contributed by atoms with Gasteiger partial charge in [0.2, 0.25) is 5.91 Å². The van der Waals surface area contributed by atoms with Gasteiger partial charge in [-0.1, -0.05) is 0 Å². The number of methoxy groups -OCH3 is 1. The van der Waals surface area contributed by atoms with Crippen molar-refractivity contribution in [1.29, 1.82) is 0 Å². The molecule has 1 heterocycles. The minimum Gasteiger partial charge on any atom is -0.388 e. The lowest BCUT2D eigenvalue weighted by Crippen LogP contribution is -2.38. The Morgan fingerprint density at radius 3 is 2.62 bits per heavy atom. The summed E-state index contributed by atoms with van der Waals surface area (Å²) in [4.78, 5) is 13.5. The van der Waals surface area contributed by atoms with Gasteiger partial charge in [-0.25, -0.2) is 0 Å². The zero-order valence-corrected chi connectivity index (χ0v) is 9.85. The average Bonchev–Trinajstić information content (AvgIpc) is 2.30. The van der Waals surface area contributed by atoms with Gasteiger partial charge >= 0.3 is 0 Å². The number of aliphatic hydroxyl groups is 1. The third-order valence-electron chi connectivity index (χ3n) is 2.60. The highest BCUT2D eigenvalue weighted by atomic mass is 16.5. The third-order valence-corrected chi connectivity index (χ3v) is 2.60. The number of ether oxygens (including phenoxy) is 2. The number of hydrogen-bond acceptors (Lipinski definition) is 4. The molecule has 0 aliphatic carbocycles. The highest BCUT2D eigenvalue weighted by Gasteiger charge is 2.16. The second kappa shape index (κ2) is 7.60. The van der Waals surface area contributed by atoms with Gasteiger partial charge in [-0.2, -0.15) is 0 Å². The van der Waals surface area contributed by atoms with Crippen molar-refractivity contribution < 1.29 is 19.4 Å². The normalized spacial score (nSPS) is 18.5. The van der Waals surface area contributed by atoms with Crippen LogP contribution in [0.2, 0.25) is 0 Å². The number of piperidine rings is 1. The minimum absolute atomic E-state index is 0.0179. The van der Waals surface area contributed by atoms with Crippen LogP contribution in [-0.4, -0.2) is 62.0 Å². The Morgan fingerprint density at radius 1 is 1.31 bits per heavy atom. The molecule has 1 aliphatic rings. The first-order chi connectivity index (χ1) is 7.74. The van der Waals surface area contributed by atoms with Gasteiger partial charge in [0.1, 0.15) is 12.7 Å². The van der Waals surface area contributed by atoms with Crippen LogP contribution in [0.3, 0.4) is 0 Å². The molecule has 0 aromatic carbocycles. The summed E-state index contributed by atoms with van der Waals surface area (Å²) in [6, 6.07) is 0. The van der Waals surface area contributed by atoms with Crippen LogP contribution in [0.25, 0.3) is 0 Å². The number of rotatable bonds is 6. The van der Waals surface area contributed by atoms with Crippen molar-refractivity contribution in [3.05, 3.63) is 0 Å². The van der Waals surface area contributed by atoms with Crippen molar-refractivity contribution in [2.24, 2.45) is 0 Å². The van der Waals surface area contributed by atoms with Gasteiger partial charge in [0, 0.05) is 20.2 Å². The maximum absolute atomic E-state index is 11.6. The first-order valence-electron chi connectivity index (χ1n) is 5.76. The van der Waals surface area contributed by atoms with E-state index in [4.69, 9.17) is 9.47 Å². The summed E-state index contributed by atoms with van der Waals surface area (Å²) in [7, 11) is 1.52. The summed E-state index contributed by atoms with van der Waals surface area (Å²) < 4.78 is 9.89. The standard InChI is InChI=1S/C11H21NO4/c1-15-7-10(13)8-16-9-11(14)12-5-3-2-4-6-12/h10,13H,2-9H2,1H3. The first-order valence-corrected chi connectivity index (χ1v) is 5.76. The Labute approximate surface area is 96.3 Å². The minimum atomic E-state index is -0.654. The van der Waals surface area contributed by atoms with Gasteiger partial charge in [-0.3, -0.25) is 4.79 Å². The molecule has 94 valence electrons. The Morgan fingerprint density at radius 2 is 2.00 bits per heavy atom. The maximum Gasteiger partial charge on any atom is 0.248 e. The zero-order chi connectivity index (χ0) is 11.8. The van der Waals surface area contributed by atoms with E-state index in [1.165, 1.54) is 13.5 Å². The Balaban J connectivity index is 2.09. The first kappa shape index (κ1) is 13.4. The molecule has 1 aliphatic heterocycles. The number of hydrogen-bond donors (Lipinski definition) is 1. The van der Waals surface area contributed by atoms with E-state index in [1.807, 2.05) is 4.90 Å². The van der Waals surface area contributed by atoms with E-state index in [1.54, 1.807) is 0 Å². The van der Waals surface area contributed by atoms with E-state index in [0.29, 0.717) is 0 Å². The predicted octanol–water partition coefficient (Wildman–Crippen LogP) is 0.0228. The fraction of sp³-hybridized carbons (Fsp3) is 0.909. The largest absolute Gasteiger partial charge is 0.388 e. The van der Waals surface area contributed by atoms with E-state index in [-0.39, 0.29) is 25.7 Å². The number of carbonyl (C=O) groups is 1. The van der Waals surface area contributed by atoms with Gasteiger partial charge in [0.05, 0.1) is 13.2 Å². The molecule has 1 atom stereocenters. The molecule has 1 amide bonds. The molecule has 0 aromatic heterocycles. The van der Waals surface area contributed by atoms with Crippen LogP contribution < -0.4 is 0 Å². The monoisotopic (exact) mass is 231 g/mol. The summed E-state index contributed by atoms with van der Waals surface area (Å²) in [6.07, 6.45) is 2.71. The third kappa shape index (κ3) is 4.92. The maximum atomic E-state index is 11.6. The van der Waals surface area contributed by atoms with Crippen LogP contribution >= 0.6 is 0 Å². The topological polar surface area (TPSA) is 59.0 Å². The second-order valence-corrected chi connectivity index (χ2v) is 4.07. The van der Waals surface area contributed by atoms with Crippen LogP contribution in [0.4, 0.5) is 0 Å². The highest BCUT2D eigenvalue weighted by molar-refractivity contribution is 5.77. The van der Waals surface area contributed by atoms with Crippen LogP contribution in [0, 0.1) is 0 Å². The molecular weight excluding hydrogens is 210 g/mol. The molecule has 1 saturated heterocycles. The van der Waals surface area contributed by atoms with Crippen LogP contribution in [-0.2, 0) is 14.3 Å². The molecule has 0 saturated carbocycles. The van der Waals surface area contributed by atoms with E-state index < -0.39 is 6.10 Å². The lowest BCUT2D eigenvalue weighted by atomic mass is 10.1. The Hall–Kier alpha value is -0.650. The molecule has 0 radical (unpaired) electrons. The number of aliphatic hydroxyl groups excluding tert-OH is 1. The molecule has 1 rings (SSSR count). The lowest BCUT2D eigenvalue weighted by Gasteiger charge is -2.26. The number of nitrogens with zero attached hydrogens (tertiary/aromatic N) is 1. The van der Waals surface area contributed by atoms with E-state index in [0.717, 1.165) is 25.9 Å². The van der Waals surface area contributed by atoms with Crippen molar-refractivity contribution in [3.8, 4) is 0 Å². The second-order valence-electron chi connectivity index (χ2n) is 4.07. The van der Waals surface area contributed by atoms with Crippen LogP contribution in [0.1, 0.15) is 19.3 Å². The summed E-state index contributed by atoms with van der Waals surface area (Å²) in [5.74, 6) is 0.0179. The van der Waals surface area contributed by atoms with Crippen LogP contribution in [0.15, 0.2) is 0 Å². The number of likely N-dealkylation sites (tertiary alicyclic amines) is 1. The summed E-state index contributed by atoms with van der Waals surface area (Å²) in [6.45, 7) is 2.11. The summed E-state index contributed by atoms with van der Waals surface area (Å²) >= 11 is 0. The van der Waals surface area contributed by atoms with Crippen molar-refractivity contribution >= 4 is 5.91 Å². The quantitative estimate of drug-likeness (QED) is 0.700. The molecule has 1 fully saturated rings. The Bertz CT molecular complexity index is 204. The van der Waals surface area contributed by atoms with Crippen molar-refractivity contribution in [2.45, 2.75) is 25.4 Å². The van der Waals surface area contributed by atoms with Crippen LogP contribution in [0.5, 0.6) is 0 Å². The number of amides is 1. The van der Waals surface area contributed by atoms with Crippen molar-refractivity contribution in [2.75, 3.05) is 40.0 Å². The predicted molar refractivity (Wildman–Crippen MR) is 59.1 cm³/mol.